The molecule has 7 nitrogen and oxygen atoms in total. The molecule has 3 rings (SSSR count). The van der Waals surface area contributed by atoms with Gasteiger partial charge in [0, 0.05) is 16.5 Å². The quantitative estimate of drug-likeness (QED) is 0.647. The SMILES string of the molecule is Cc1nc(-c2ccccc2Cl)sc1CNC(=O)c1cc(=O)[nH]c(=O)[nH]1. The number of amides is 1. The van der Waals surface area contributed by atoms with Gasteiger partial charge in [-0.1, -0.05) is 29.8 Å². The largest absolute Gasteiger partial charge is 0.346 e. The number of carbonyl (C=O) groups is 1. The zero-order valence-electron chi connectivity index (χ0n) is 13.1. The van der Waals surface area contributed by atoms with Crippen LogP contribution < -0.4 is 16.6 Å². The van der Waals surface area contributed by atoms with Crippen LogP contribution in [0.1, 0.15) is 21.1 Å². The van der Waals surface area contributed by atoms with Gasteiger partial charge in [-0.3, -0.25) is 14.6 Å². The number of hydrogen-bond donors (Lipinski definition) is 3. The first-order chi connectivity index (χ1) is 11.9. The van der Waals surface area contributed by atoms with Crippen molar-refractivity contribution >= 4 is 28.8 Å². The standard InChI is InChI=1S/C16H13ClN4O3S/c1-8-12(25-15(19-8)9-4-2-3-5-10(9)17)7-18-14(23)11-6-13(22)21-16(24)20-11/h2-6H,7H2,1H3,(H,18,23)(H2,20,21,22,24). The van der Waals surface area contributed by atoms with E-state index in [9.17, 15) is 14.4 Å². The molecule has 0 unspecified atom stereocenters. The molecule has 0 radical (unpaired) electrons. The summed E-state index contributed by atoms with van der Waals surface area (Å²) in [5, 5.41) is 4.03. The summed E-state index contributed by atoms with van der Waals surface area (Å²) in [6.07, 6.45) is 0. The van der Waals surface area contributed by atoms with E-state index in [1.54, 1.807) is 6.07 Å². The van der Waals surface area contributed by atoms with Crippen LogP contribution in [0.2, 0.25) is 5.02 Å². The number of aromatic amines is 2. The maximum absolute atomic E-state index is 12.1. The van der Waals surface area contributed by atoms with E-state index in [0.717, 1.165) is 27.2 Å². The Morgan fingerprint density at radius 3 is 2.76 bits per heavy atom. The molecular formula is C16H13ClN4O3S. The molecule has 0 aliphatic heterocycles. The molecule has 3 N–H and O–H groups in total. The molecule has 0 saturated carbocycles. The van der Waals surface area contributed by atoms with Crippen LogP contribution in [0.25, 0.3) is 10.6 Å². The van der Waals surface area contributed by atoms with Gasteiger partial charge in [0.2, 0.25) is 0 Å². The van der Waals surface area contributed by atoms with E-state index in [1.165, 1.54) is 11.3 Å². The van der Waals surface area contributed by atoms with E-state index in [4.69, 9.17) is 11.6 Å². The van der Waals surface area contributed by atoms with Crippen LogP contribution in [-0.2, 0) is 6.54 Å². The molecule has 3 aromatic rings. The van der Waals surface area contributed by atoms with Crippen LogP contribution in [0.15, 0.2) is 39.9 Å². The molecule has 1 aromatic carbocycles. The van der Waals surface area contributed by atoms with Crippen molar-refractivity contribution in [3.05, 3.63) is 72.5 Å². The van der Waals surface area contributed by atoms with Gasteiger partial charge in [0.25, 0.3) is 11.5 Å². The molecule has 0 spiro atoms. The maximum atomic E-state index is 12.1. The van der Waals surface area contributed by atoms with Crippen LogP contribution in [-0.4, -0.2) is 20.9 Å². The number of carbonyl (C=O) groups excluding carboxylic acids is 1. The van der Waals surface area contributed by atoms with Crippen molar-refractivity contribution in [2.75, 3.05) is 0 Å². The fourth-order valence-electron chi connectivity index (χ4n) is 2.19. The molecular weight excluding hydrogens is 364 g/mol. The first kappa shape index (κ1) is 17.1. The minimum absolute atomic E-state index is 0.0951. The Hall–Kier alpha value is -2.71. The Kier molecular flexibility index (Phi) is 4.82. The van der Waals surface area contributed by atoms with Crippen molar-refractivity contribution in [1.29, 1.82) is 0 Å². The lowest BCUT2D eigenvalue weighted by Crippen LogP contribution is -2.30. The Balaban J connectivity index is 1.78. The number of rotatable bonds is 4. The molecule has 25 heavy (non-hydrogen) atoms. The van der Waals surface area contributed by atoms with Crippen LogP contribution in [0.3, 0.4) is 0 Å². The monoisotopic (exact) mass is 376 g/mol. The first-order valence-corrected chi connectivity index (χ1v) is 8.46. The van der Waals surface area contributed by atoms with E-state index < -0.39 is 17.2 Å². The predicted molar refractivity (Wildman–Crippen MR) is 96.2 cm³/mol. The minimum Gasteiger partial charge on any atom is -0.346 e. The molecule has 0 saturated heterocycles. The summed E-state index contributed by atoms with van der Waals surface area (Å²) in [5.41, 5.74) is 0.145. The number of nitrogens with zero attached hydrogens (tertiary/aromatic N) is 1. The topological polar surface area (TPSA) is 108 Å². The lowest BCUT2D eigenvalue weighted by atomic mass is 10.2. The van der Waals surface area contributed by atoms with Crippen LogP contribution in [0, 0.1) is 6.92 Å². The zero-order valence-corrected chi connectivity index (χ0v) is 14.6. The average Bonchev–Trinajstić information content (AvgIpc) is 2.93. The van der Waals surface area contributed by atoms with Gasteiger partial charge in [0.15, 0.2) is 0 Å². The van der Waals surface area contributed by atoms with E-state index >= 15 is 0 Å². The number of halogens is 1. The molecule has 0 fully saturated rings. The zero-order chi connectivity index (χ0) is 18.0. The molecule has 0 aliphatic carbocycles. The molecule has 2 aromatic heterocycles. The van der Waals surface area contributed by atoms with Crippen molar-refractivity contribution in [2.45, 2.75) is 13.5 Å². The minimum atomic E-state index is -0.729. The Morgan fingerprint density at radius 2 is 2.04 bits per heavy atom. The molecule has 2 heterocycles. The van der Waals surface area contributed by atoms with Gasteiger partial charge in [-0.2, -0.15) is 0 Å². The highest BCUT2D eigenvalue weighted by Crippen LogP contribution is 2.32. The highest BCUT2D eigenvalue weighted by molar-refractivity contribution is 7.15. The fraction of sp³-hybridized carbons (Fsp3) is 0.125. The molecule has 128 valence electrons. The van der Waals surface area contributed by atoms with Crippen molar-refractivity contribution in [1.82, 2.24) is 20.3 Å². The smallest absolute Gasteiger partial charge is 0.326 e. The van der Waals surface area contributed by atoms with E-state index in [0.29, 0.717) is 5.02 Å². The van der Waals surface area contributed by atoms with Gasteiger partial charge in [-0.25, -0.2) is 9.78 Å². The highest BCUT2D eigenvalue weighted by Gasteiger charge is 2.14. The van der Waals surface area contributed by atoms with E-state index in [1.807, 2.05) is 30.1 Å². The summed E-state index contributed by atoms with van der Waals surface area (Å²) in [6.45, 7) is 2.06. The molecule has 0 bridgehead atoms. The van der Waals surface area contributed by atoms with Crippen molar-refractivity contribution < 1.29 is 4.79 Å². The lowest BCUT2D eigenvalue weighted by molar-refractivity contribution is 0.0945. The summed E-state index contributed by atoms with van der Waals surface area (Å²) in [4.78, 5) is 44.2. The van der Waals surface area contributed by atoms with Gasteiger partial charge in [0.05, 0.1) is 17.3 Å². The Bertz CT molecular complexity index is 1030. The van der Waals surface area contributed by atoms with Crippen LogP contribution in [0.4, 0.5) is 0 Å². The summed E-state index contributed by atoms with van der Waals surface area (Å²) in [7, 11) is 0. The molecule has 9 heteroatoms. The van der Waals surface area contributed by atoms with Crippen LogP contribution in [0.5, 0.6) is 0 Å². The Morgan fingerprint density at radius 1 is 1.28 bits per heavy atom. The van der Waals surface area contributed by atoms with Gasteiger partial charge in [-0.15, -0.1) is 11.3 Å². The van der Waals surface area contributed by atoms with Gasteiger partial charge < -0.3 is 10.3 Å². The number of aromatic nitrogens is 3. The number of hydrogen-bond acceptors (Lipinski definition) is 5. The molecule has 0 atom stereocenters. The summed E-state index contributed by atoms with van der Waals surface area (Å²) < 4.78 is 0. The van der Waals surface area contributed by atoms with E-state index in [2.05, 4.69) is 15.3 Å². The maximum Gasteiger partial charge on any atom is 0.326 e. The summed E-state index contributed by atoms with van der Waals surface area (Å²) in [6, 6.07) is 8.42. The second-order valence-electron chi connectivity index (χ2n) is 5.19. The van der Waals surface area contributed by atoms with E-state index in [-0.39, 0.29) is 12.2 Å². The van der Waals surface area contributed by atoms with Crippen LogP contribution >= 0.6 is 22.9 Å². The Labute approximate surface area is 150 Å². The fourth-order valence-corrected chi connectivity index (χ4v) is 3.51. The van der Waals surface area contributed by atoms with Gasteiger partial charge >= 0.3 is 5.69 Å². The number of aryl methyl sites for hydroxylation is 1. The number of benzene rings is 1. The second kappa shape index (κ2) is 7.04. The summed E-state index contributed by atoms with van der Waals surface area (Å²) >= 11 is 7.61. The van der Waals surface area contributed by atoms with Crippen molar-refractivity contribution in [3.63, 3.8) is 0 Å². The third-order valence-electron chi connectivity index (χ3n) is 3.41. The van der Waals surface area contributed by atoms with Gasteiger partial charge in [-0.05, 0) is 13.0 Å². The normalized spacial score (nSPS) is 10.6. The average molecular weight is 377 g/mol. The third kappa shape index (κ3) is 3.86. The number of thiazole rings is 1. The van der Waals surface area contributed by atoms with Crippen molar-refractivity contribution in [2.24, 2.45) is 0 Å². The predicted octanol–water partition coefficient (Wildman–Crippen LogP) is 2.08. The summed E-state index contributed by atoms with van der Waals surface area (Å²) in [5.74, 6) is -0.546. The molecule has 1 amide bonds. The first-order valence-electron chi connectivity index (χ1n) is 7.27. The van der Waals surface area contributed by atoms with Crippen molar-refractivity contribution in [3.8, 4) is 10.6 Å². The number of H-pyrrole nitrogens is 2. The lowest BCUT2D eigenvalue weighted by Gasteiger charge is -2.03. The highest BCUT2D eigenvalue weighted by atomic mass is 35.5. The third-order valence-corrected chi connectivity index (χ3v) is 4.93. The number of nitrogens with one attached hydrogen (secondary N) is 3. The second-order valence-corrected chi connectivity index (χ2v) is 6.68. The van der Waals surface area contributed by atoms with Gasteiger partial charge in [0.1, 0.15) is 10.7 Å². The molecule has 0 aliphatic rings.